The molecule has 0 bridgehead atoms. The third-order valence-electron chi connectivity index (χ3n) is 7.16. The maximum absolute atomic E-state index is 13.5. The molecule has 3 aromatic heterocycles. The van der Waals surface area contributed by atoms with Gasteiger partial charge in [-0.3, -0.25) is 23.4 Å². The van der Waals surface area contributed by atoms with Crippen molar-refractivity contribution in [2.45, 2.75) is 50.8 Å². The van der Waals surface area contributed by atoms with Gasteiger partial charge in [0.2, 0.25) is 11.9 Å². The van der Waals surface area contributed by atoms with Crippen LogP contribution >= 0.6 is 0 Å². The first kappa shape index (κ1) is 26.6. The van der Waals surface area contributed by atoms with Gasteiger partial charge in [0.25, 0.3) is 12.0 Å². The summed E-state index contributed by atoms with van der Waals surface area (Å²) in [6.07, 6.45) is -0.849. The summed E-state index contributed by atoms with van der Waals surface area (Å²) in [5, 5.41) is 14.9. The zero-order chi connectivity index (χ0) is 27.9. The number of piperidine rings is 1. The maximum atomic E-state index is 13.5. The quantitative estimate of drug-likeness (QED) is 0.359. The van der Waals surface area contributed by atoms with Crippen molar-refractivity contribution in [3.63, 3.8) is 0 Å². The highest BCUT2D eigenvalue weighted by molar-refractivity contribution is 5.78. The lowest BCUT2D eigenvalue weighted by Gasteiger charge is -2.38. The van der Waals surface area contributed by atoms with E-state index >= 15 is 0 Å². The zero-order valence-corrected chi connectivity index (χ0v) is 21.0. The van der Waals surface area contributed by atoms with Crippen LogP contribution in [0.15, 0.2) is 53.7 Å². The van der Waals surface area contributed by atoms with Gasteiger partial charge in [0, 0.05) is 36.7 Å². The molecule has 1 fully saturated rings. The minimum Gasteiger partial charge on any atom is -0.388 e. The lowest BCUT2D eigenvalue weighted by Crippen LogP contribution is -2.50. The lowest BCUT2D eigenvalue weighted by molar-refractivity contribution is -0.138. The second kappa shape index (κ2) is 10.3. The first-order valence-electron chi connectivity index (χ1n) is 12.4. The van der Waals surface area contributed by atoms with Gasteiger partial charge in [-0.05, 0) is 50.1 Å². The molecule has 9 nitrogen and oxygen atoms in total. The molecule has 1 aliphatic rings. The van der Waals surface area contributed by atoms with Crippen LogP contribution in [-0.2, 0) is 11.3 Å². The van der Waals surface area contributed by atoms with Gasteiger partial charge in [0.1, 0.15) is 18.2 Å². The molecule has 1 amide bonds. The number of carbonyl (C=O) groups is 1. The van der Waals surface area contributed by atoms with E-state index in [1.165, 1.54) is 27.9 Å². The Kier molecular flexibility index (Phi) is 7.02. The number of aryl methyl sites for hydroxylation is 1. The highest BCUT2D eigenvalue weighted by atomic mass is 19.3. The average Bonchev–Trinajstić information content (AvgIpc) is 3.47. The zero-order valence-electron chi connectivity index (χ0n) is 21.0. The summed E-state index contributed by atoms with van der Waals surface area (Å²) in [5.41, 5.74) is 0.0959. The number of amides is 1. The summed E-state index contributed by atoms with van der Waals surface area (Å²) in [4.78, 5) is 31.8. The molecule has 0 aliphatic carbocycles. The predicted octanol–water partition coefficient (Wildman–Crippen LogP) is 3.22. The fraction of sp³-hybridized carbons (Fsp3) is 0.385. The van der Waals surface area contributed by atoms with Crippen LogP contribution in [-0.4, -0.2) is 64.9 Å². The van der Waals surface area contributed by atoms with Crippen molar-refractivity contribution < 1.29 is 27.5 Å². The Morgan fingerprint density at radius 1 is 1.13 bits per heavy atom. The molecule has 0 spiro atoms. The SMILES string of the molecule is Cc1cc2c(=O)n(CC3(O)CCN(C(=O)C[C@@H](C(F)F)n4ccc(F)n4)CC3)cnc2n1-c1ccc(F)cc1. The van der Waals surface area contributed by atoms with E-state index in [9.17, 15) is 32.3 Å². The van der Waals surface area contributed by atoms with Gasteiger partial charge >= 0.3 is 0 Å². The fourth-order valence-corrected chi connectivity index (χ4v) is 5.02. The Morgan fingerprint density at radius 3 is 2.44 bits per heavy atom. The number of alkyl halides is 2. The van der Waals surface area contributed by atoms with Gasteiger partial charge in [-0.25, -0.2) is 18.2 Å². The number of carbonyl (C=O) groups excluding carboxylic acids is 1. The van der Waals surface area contributed by atoms with Crippen molar-refractivity contribution in [2.24, 2.45) is 0 Å². The Bertz CT molecular complexity index is 1550. The van der Waals surface area contributed by atoms with Crippen LogP contribution in [0.1, 0.15) is 31.0 Å². The monoisotopic (exact) mass is 546 g/mol. The van der Waals surface area contributed by atoms with Crippen LogP contribution in [0, 0.1) is 18.7 Å². The van der Waals surface area contributed by atoms with E-state index in [1.54, 1.807) is 29.7 Å². The summed E-state index contributed by atoms with van der Waals surface area (Å²) in [6, 6.07) is 6.82. The van der Waals surface area contributed by atoms with Crippen molar-refractivity contribution in [1.29, 1.82) is 0 Å². The van der Waals surface area contributed by atoms with Crippen molar-refractivity contribution in [3.05, 3.63) is 76.7 Å². The first-order valence-corrected chi connectivity index (χ1v) is 12.4. The summed E-state index contributed by atoms with van der Waals surface area (Å²) >= 11 is 0. The van der Waals surface area contributed by atoms with E-state index < -0.39 is 36.3 Å². The first-order chi connectivity index (χ1) is 18.5. The standard InChI is InChI=1S/C26H26F4N6O3/c1-16-12-19-24(36(16)18-4-2-17(27)3-5-18)31-15-34(25(19)38)14-26(39)7-10-33(11-8-26)22(37)13-20(23(29)30)35-9-6-21(28)32-35/h2-6,9,12,15,20,23,39H,7-8,10-11,13-14H2,1H3/t20-/m0/s1. The molecule has 5 rings (SSSR count). The van der Waals surface area contributed by atoms with Gasteiger partial charge in [0.05, 0.1) is 24.0 Å². The highest BCUT2D eigenvalue weighted by Crippen LogP contribution is 2.27. The molecule has 206 valence electrons. The summed E-state index contributed by atoms with van der Waals surface area (Å²) in [6.45, 7) is 1.94. The molecule has 1 atom stereocenters. The third-order valence-corrected chi connectivity index (χ3v) is 7.16. The molecule has 4 aromatic rings. The Hall–Kier alpha value is -4.00. The van der Waals surface area contributed by atoms with Gasteiger partial charge in [-0.15, -0.1) is 5.10 Å². The molecule has 4 heterocycles. The topological polar surface area (TPSA) is 98.2 Å². The number of hydrogen-bond donors (Lipinski definition) is 1. The number of nitrogens with zero attached hydrogens (tertiary/aromatic N) is 6. The van der Waals surface area contributed by atoms with Crippen LogP contribution in [0.3, 0.4) is 0 Å². The van der Waals surface area contributed by atoms with Crippen LogP contribution in [0.2, 0.25) is 0 Å². The van der Waals surface area contributed by atoms with Crippen molar-refractivity contribution in [2.75, 3.05) is 13.1 Å². The minimum absolute atomic E-state index is 0.0657. The van der Waals surface area contributed by atoms with E-state index in [-0.39, 0.29) is 43.9 Å². The Balaban J connectivity index is 1.28. The number of fused-ring (bicyclic) bond motifs is 1. The molecular weight excluding hydrogens is 520 g/mol. The van der Waals surface area contributed by atoms with E-state index in [4.69, 9.17) is 0 Å². The highest BCUT2D eigenvalue weighted by Gasteiger charge is 2.36. The number of rotatable bonds is 7. The lowest BCUT2D eigenvalue weighted by atomic mass is 9.91. The average molecular weight is 547 g/mol. The normalized spacial score (nSPS) is 16.2. The van der Waals surface area contributed by atoms with Crippen molar-refractivity contribution in [1.82, 2.24) is 28.8 Å². The number of hydrogen-bond acceptors (Lipinski definition) is 5. The second-order valence-corrected chi connectivity index (χ2v) is 9.84. The molecule has 0 unspecified atom stereocenters. The fourth-order valence-electron chi connectivity index (χ4n) is 5.02. The van der Waals surface area contributed by atoms with E-state index in [0.29, 0.717) is 16.7 Å². The predicted molar refractivity (Wildman–Crippen MR) is 133 cm³/mol. The van der Waals surface area contributed by atoms with Gasteiger partial charge < -0.3 is 10.0 Å². The van der Waals surface area contributed by atoms with Crippen LogP contribution in [0.4, 0.5) is 17.6 Å². The third kappa shape index (κ3) is 5.31. The molecule has 39 heavy (non-hydrogen) atoms. The summed E-state index contributed by atoms with van der Waals surface area (Å²) < 4.78 is 57.4. The Labute approximate surface area is 219 Å². The van der Waals surface area contributed by atoms with Crippen molar-refractivity contribution >= 4 is 16.9 Å². The number of benzene rings is 1. The van der Waals surface area contributed by atoms with E-state index in [0.717, 1.165) is 22.6 Å². The molecule has 1 aromatic carbocycles. The van der Waals surface area contributed by atoms with Crippen LogP contribution in [0.25, 0.3) is 16.7 Å². The van der Waals surface area contributed by atoms with Crippen LogP contribution < -0.4 is 5.56 Å². The summed E-state index contributed by atoms with van der Waals surface area (Å²) in [5.74, 6) is -1.86. The van der Waals surface area contributed by atoms with E-state index in [2.05, 4.69) is 10.1 Å². The molecule has 1 saturated heterocycles. The minimum atomic E-state index is -2.93. The maximum Gasteiger partial charge on any atom is 0.262 e. The molecule has 0 saturated carbocycles. The molecule has 0 radical (unpaired) electrons. The smallest absolute Gasteiger partial charge is 0.262 e. The summed E-state index contributed by atoms with van der Waals surface area (Å²) in [7, 11) is 0. The number of likely N-dealkylation sites (tertiary alicyclic amines) is 1. The van der Waals surface area contributed by atoms with Crippen molar-refractivity contribution in [3.8, 4) is 5.69 Å². The van der Waals surface area contributed by atoms with Gasteiger partial charge in [-0.2, -0.15) is 4.39 Å². The number of aromatic nitrogens is 5. The van der Waals surface area contributed by atoms with Gasteiger partial charge in [-0.1, -0.05) is 0 Å². The largest absolute Gasteiger partial charge is 0.388 e. The second-order valence-electron chi connectivity index (χ2n) is 9.84. The molecule has 13 heteroatoms. The molecule has 1 aliphatic heterocycles. The van der Waals surface area contributed by atoms with Gasteiger partial charge in [0.15, 0.2) is 5.65 Å². The van der Waals surface area contributed by atoms with Crippen LogP contribution in [0.5, 0.6) is 0 Å². The Morgan fingerprint density at radius 2 is 1.82 bits per heavy atom. The number of aliphatic hydroxyl groups is 1. The molecule has 1 N–H and O–H groups in total. The molecular formula is C26H26F4N6O3. The number of halogens is 4. The van der Waals surface area contributed by atoms with E-state index in [1.807, 2.05) is 0 Å².